The molecule has 10 bridgehead atoms. The molecule has 3 aromatic carbocycles. The number of hydrogen-bond donors (Lipinski definition) is 6. The third-order valence-electron chi connectivity index (χ3n) is 11.9. The first kappa shape index (κ1) is 32.7. The molecule has 2 amide bonds. The van der Waals surface area contributed by atoms with Crippen LogP contribution in [0.5, 0.6) is 5.75 Å². The van der Waals surface area contributed by atoms with E-state index in [1.807, 2.05) is 56.4 Å². The molecule has 0 saturated carbocycles. The number of benzene rings is 3. The van der Waals surface area contributed by atoms with Crippen LogP contribution in [0.15, 0.2) is 75.8 Å². The van der Waals surface area contributed by atoms with Crippen molar-refractivity contribution in [2.45, 2.75) is 57.3 Å². The Morgan fingerprint density at radius 3 is 2.65 bits per heavy atom. The lowest BCUT2D eigenvalue weighted by molar-refractivity contribution is -0.140. The first-order chi connectivity index (χ1) is 26.2. The zero-order chi connectivity index (χ0) is 37.1. The Bertz CT molecular complexity index is 2520. The van der Waals surface area contributed by atoms with Crippen molar-refractivity contribution in [3.63, 3.8) is 0 Å². The third kappa shape index (κ3) is 4.27. The lowest BCUT2D eigenvalue weighted by Gasteiger charge is -2.31. The Balaban J connectivity index is 1.26. The fraction of sp³-hybridized carbons (Fsp3) is 0.317. The monoisotopic (exact) mass is 726 g/mol. The number of aromatic nitrogens is 3. The van der Waals surface area contributed by atoms with Gasteiger partial charge in [0.15, 0.2) is 23.4 Å². The second-order valence-corrected chi connectivity index (χ2v) is 15.1. The molecule has 54 heavy (non-hydrogen) atoms. The number of hydrogen-bond acceptors (Lipinski definition) is 10. The van der Waals surface area contributed by atoms with E-state index in [9.17, 15) is 19.8 Å². The van der Waals surface area contributed by atoms with Crippen molar-refractivity contribution in [3.8, 4) is 39.8 Å². The average molecular weight is 727 g/mol. The molecular weight excluding hydrogens is 688 g/mol. The van der Waals surface area contributed by atoms with E-state index in [4.69, 9.17) is 23.5 Å². The number of rotatable bonds is 6. The molecule has 6 N–H and O–H groups in total. The summed E-state index contributed by atoms with van der Waals surface area (Å²) in [6, 6.07) is 16.4. The Morgan fingerprint density at radius 1 is 1.04 bits per heavy atom. The predicted octanol–water partition coefficient (Wildman–Crippen LogP) is 5.17. The number of para-hydroxylation sites is 1. The largest absolute Gasteiger partial charge is 0.469 e. The van der Waals surface area contributed by atoms with Crippen LogP contribution in [-0.4, -0.2) is 62.5 Å². The first-order valence-electron chi connectivity index (χ1n) is 18.3. The van der Waals surface area contributed by atoms with Crippen molar-refractivity contribution in [3.05, 3.63) is 95.3 Å². The molecule has 4 atom stereocenters. The van der Waals surface area contributed by atoms with Crippen LogP contribution in [-0.2, 0) is 21.4 Å². The number of aliphatic hydroxyl groups excluding tert-OH is 2. The highest BCUT2D eigenvalue weighted by molar-refractivity contribution is 6.07. The molecule has 0 radical (unpaired) electrons. The van der Waals surface area contributed by atoms with E-state index >= 15 is 0 Å². The molecule has 13 nitrogen and oxygen atoms in total. The van der Waals surface area contributed by atoms with Gasteiger partial charge in [0, 0.05) is 51.5 Å². The molecule has 1 unspecified atom stereocenters. The molecule has 13 heteroatoms. The van der Waals surface area contributed by atoms with Crippen molar-refractivity contribution in [2.75, 3.05) is 18.5 Å². The molecule has 4 aliphatic heterocycles. The highest BCUT2D eigenvalue weighted by Gasteiger charge is 2.61. The standard InChI is InChI=1S/C41H38N6O7/c1-4-40(17-48,18-49)38(51)44-27-14-20-11-12-28-25(13-20)41-24-9-5-8-22(32(24)47-39(41)53-28)21-7-6-10-26-30(21)23(15-42-26)29-16-43-36(52-29)33-34(41)54-37(46-33)31(19(2)3)45-35(27)50/h5-13,15-16,19,27,31,39,42,47-49H,4,14,17-18H2,1-3H3,(H,44,51)(H,45,50)/t27-,31-,39?,41-/m0/s1. The maximum absolute atomic E-state index is 14.3. The van der Waals surface area contributed by atoms with Crippen molar-refractivity contribution in [1.29, 1.82) is 0 Å². The van der Waals surface area contributed by atoms with E-state index in [1.54, 1.807) is 13.1 Å². The Kier molecular flexibility index (Phi) is 6.99. The summed E-state index contributed by atoms with van der Waals surface area (Å²) in [6.45, 7) is 4.46. The molecule has 3 aromatic heterocycles. The number of anilines is 1. The van der Waals surface area contributed by atoms with Crippen molar-refractivity contribution in [2.24, 2.45) is 11.3 Å². The van der Waals surface area contributed by atoms with Gasteiger partial charge in [0.25, 0.3) is 0 Å². The number of nitrogens with one attached hydrogen (secondary N) is 4. The fourth-order valence-electron chi connectivity index (χ4n) is 8.75. The third-order valence-corrected chi connectivity index (χ3v) is 11.9. The molecule has 0 fully saturated rings. The van der Waals surface area contributed by atoms with Crippen LogP contribution in [0.1, 0.15) is 61.6 Å². The number of amides is 2. The average Bonchev–Trinajstić information content (AvgIpc) is 4.00. The van der Waals surface area contributed by atoms with Gasteiger partial charge in [-0.05, 0) is 35.6 Å². The van der Waals surface area contributed by atoms with Gasteiger partial charge < -0.3 is 44.7 Å². The van der Waals surface area contributed by atoms with Crippen molar-refractivity contribution < 1.29 is 33.4 Å². The van der Waals surface area contributed by atoms with Gasteiger partial charge in [0.1, 0.15) is 23.2 Å². The first-order valence-corrected chi connectivity index (χ1v) is 18.3. The van der Waals surface area contributed by atoms with Crippen LogP contribution in [0, 0.1) is 11.3 Å². The van der Waals surface area contributed by atoms with Crippen LogP contribution >= 0.6 is 0 Å². The second-order valence-electron chi connectivity index (χ2n) is 15.1. The Morgan fingerprint density at radius 2 is 1.85 bits per heavy atom. The SMILES string of the molecule is CCC(CO)(CO)C(=O)N[C@H]1Cc2ccc3c(c2)[C@]24c5cccc(c5NC2O3)-c2cccc3[nH]cc(c23)-c2cnc(o2)-c2nc(oc24)[C@H](C(C)C)NC1=O. The highest BCUT2D eigenvalue weighted by atomic mass is 16.5. The quantitative estimate of drug-likeness (QED) is 0.134. The lowest BCUT2D eigenvalue weighted by atomic mass is 9.72. The number of aromatic amines is 1. The number of nitrogens with zero attached hydrogens (tertiary/aromatic N) is 2. The van der Waals surface area contributed by atoms with Crippen LogP contribution in [0.4, 0.5) is 5.69 Å². The van der Waals surface area contributed by atoms with Gasteiger partial charge in [0.2, 0.25) is 23.6 Å². The topological polar surface area (TPSA) is 188 Å². The van der Waals surface area contributed by atoms with Crippen LogP contribution in [0.2, 0.25) is 0 Å². The summed E-state index contributed by atoms with van der Waals surface area (Å²) in [6.07, 6.45) is 3.25. The van der Waals surface area contributed by atoms with E-state index in [2.05, 4.69) is 39.1 Å². The van der Waals surface area contributed by atoms with E-state index in [-0.39, 0.29) is 30.5 Å². The van der Waals surface area contributed by atoms with Gasteiger partial charge in [-0.3, -0.25) is 9.59 Å². The van der Waals surface area contributed by atoms with Gasteiger partial charge in [0.05, 0.1) is 24.8 Å². The summed E-state index contributed by atoms with van der Waals surface area (Å²) < 4.78 is 20.4. The summed E-state index contributed by atoms with van der Waals surface area (Å²) in [7, 11) is 0. The molecule has 7 heterocycles. The highest BCUT2D eigenvalue weighted by Crippen LogP contribution is 2.61. The molecular formula is C41H38N6O7. The van der Waals surface area contributed by atoms with Crippen LogP contribution in [0.3, 0.4) is 0 Å². The number of aliphatic hydroxyl groups is 2. The van der Waals surface area contributed by atoms with Crippen molar-refractivity contribution in [1.82, 2.24) is 25.6 Å². The number of fused-ring (bicyclic) bond motifs is 7. The van der Waals surface area contributed by atoms with Crippen molar-refractivity contribution >= 4 is 28.4 Å². The molecule has 274 valence electrons. The smallest absolute Gasteiger partial charge is 0.249 e. The van der Waals surface area contributed by atoms with Gasteiger partial charge in [-0.25, -0.2) is 9.97 Å². The summed E-state index contributed by atoms with van der Waals surface area (Å²) in [5.74, 6) is 0.854. The van der Waals surface area contributed by atoms with E-state index in [1.165, 1.54) is 0 Å². The minimum Gasteiger partial charge on any atom is -0.469 e. The second kappa shape index (κ2) is 11.5. The lowest BCUT2D eigenvalue weighted by Crippen LogP contribution is -2.55. The van der Waals surface area contributed by atoms with E-state index in [0.29, 0.717) is 23.0 Å². The Hall–Kier alpha value is -5.92. The number of ether oxygens (including phenoxy) is 1. The molecule has 4 aliphatic rings. The summed E-state index contributed by atoms with van der Waals surface area (Å²) >= 11 is 0. The van der Waals surface area contributed by atoms with Gasteiger partial charge in [-0.1, -0.05) is 63.2 Å². The fourth-order valence-corrected chi connectivity index (χ4v) is 8.75. The summed E-state index contributed by atoms with van der Waals surface area (Å²) in [4.78, 5) is 41.3. The summed E-state index contributed by atoms with van der Waals surface area (Å²) in [5, 5.41) is 31.1. The van der Waals surface area contributed by atoms with E-state index < -0.39 is 54.2 Å². The van der Waals surface area contributed by atoms with Gasteiger partial charge >= 0.3 is 0 Å². The summed E-state index contributed by atoms with van der Waals surface area (Å²) in [5.41, 5.74) is 4.95. The normalized spacial score (nSPS) is 21.8. The number of H-pyrrole nitrogens is 1. The van der Waals surface area contributed by atoms with Crippen LogP contribution < -0.4 is 20.7 Å². The molecule has 6 aromatic rings. The maximum Gasteiger partial charge on any atom is 0.249 e. The van der Waals surface area contributed by atoms with Gasteiger partial charge in [-0.2, -0.15) is 0 Å². The Labute approximate surface area is 309 Å². The van der Waals surface area contributed by atoms with E-state index in [0.717, 1.165) is 50.0 Å². The van der Waals surface area contributed by atoms with Crippen LogP contribution in [0.25, 0.3) is 44.9 Å². The molecule has 0 saturated heterocycles. The maximum atomic E-state index is 14.3. The predicted molar refractivity (Wildman–Crippen MR) is 197 cm³/mol. The molecule has 10 rings (SSSR count). The minimum atomic E-state index is -1.46. The zero-order valence-corrected chi connectivity index (χ0v) is 29.8. The molecule has 1 spiro atoms. The number of carbonyl (C=O) groups excluding carboxylic acids is 2. The molecule has 0 aliphatic carbocycles. The zero-order valence-electron chi connectivity index (χ0n) is 29.8. The van der Waals surface area contributed by atoms with Gasteiger partial charge in [-0.15, -0.1) is 0 Å². The minimum absolute atomic E-state index is 0.119. The number of carbonyl (C=O) groups is 2. The number of oxazole rings is 2.